The van der Waals surface area contributed by atoms with E-state index in [1.165, 1.54) is 42.7 Å². The number of unbranched alkanes of at least 4 members (excludes halogenated alkanes) is 7. The molecule has 0 aliphatic heterocycles. The second-order valence-corrected chi connectivity index (χ2v) is 8.63. The Hall–Kier alpha value is -1.64. The molecule has 2 amide bonds. The molecule has 0 saturated heterocycles. The second-order valence-electron chi connectivity index (χ2n) is 6.86. The van der Waals surface area contributed by atoms with Crippen molar-refractivity contribution < 1.29 is 13.2 Å². The zero-order chi connectivity index (χ0) is 20.1. The van der Waals surface area contributed by atoms with Gasteiger partial charge in [-0.3, -0.25) is 0 Å². The minimum Gasteiger partial charge on any atom is -0.331 e. The van der Waals surface area contributed by atoms with Crippen molar-refractivity contribution in [1.29, 1.82) is 0 Å². The highest BCUT2D eigenvalue weighted by Gasteiger charge is 2.13. The molecular formula is C19H34N4O3S. The van der Waals surface area contributed by atoms with Gasteiger partial charge in [-0.15, -0.1) is 0 Å². The van der Waals surface area contributed by atoms with E-state index in [4.69, 9.17) is 5.73 Å². The number of carbonyl (C=O) groups is 1. The Kier molecular flexibility index (Phi) is 11.0. The molecule has 27 heavy (non-hydrogen) atoms. The number of nitrogens with one attached hydrogen (secondary N) is 2. The summed E-state index contributed by atoms with van der Waals surface area (Å²) < 4.78 is 27.2. The molecule has 0 aliphatic carbocycles. The van der Waals surface area contributed by atoms with Gasteiger partial charge in [0.1, 0.15) is 0 Å². The van der Waals surface area contributed by atoms with Crippen molar-refractivity contribution in [3.05, 3.63) is 24.3 Å². The first kappa shape index (κ1) is 23.4. The van der Waals surface area contributed by atoms with Crippen LogP contribution in [-0.4, -0.2) is 46.5 Å². The van der Waals surface area contributed by atoms with E-state index in [0.717, 1.165) is 32.2 Å². The van der Waals surface area contributed by atoms with Gasteiger partial charge in [-0.05, 0) is 43.7 Å². The van der Waals surface area contributed by atoms with Gasteiger partial charge in [0.15, 0.2) is 0 Å². The molecule has 0 unspecified atom stereocenters. The molecule has 0 aliphatic rings. The fourth-order valence-corrected chi connectivity index (χ4v) is 3.65. The first-order valence-corrected chi connectivity index (χ1v) is 11.1. The Labute approximate surface area is 163 Å². The van der Waals surface area contributed by atoms with Crippen LogP contribution in [0.5, 0.6) is 0 Å². The van der Waals surface area contributed by atoms with Crippen LogP contribution in [0.25, 0.3) is 0 Å². The van der Waals surface area contributed by atoms with Crippen LogP contribution in [0.3, 0.4) is 0 Å². The molecule has 0 fully saturated rings. The summed E-state index contributed by atoms with van der Waals surface area (Å²) in [4.78, 5) is 13.2. The Morgan fingerprint density at radius 3 is 1.96 bits per heavy atom. The molecule has 8 heteroatoms. The number of amides is 2. The van der Waals surface area contributed by atoms with Gasteiger partial charge < -0.3 is 16.0 Å². The topological polar surface area (TPSA) is 105 Å². The summed E-state index contributed by atoms with van der Waals surface area (Å²) in [5.74, 6) is 0. The summed E-state index contributed by atoms with van der Waals surface area (Å²) in [7, 11) is -0.237. The molecule has 0 heterocycles. The van der Waals surface area contributed by atoms with E-state index in [2.05, 4.69) is 10.0 Å². The Bertz CT molecular complexity index is 645. The molecule has 154 valence electrons. The summed E-state index contributed by atoms with van der Waals surface area (Å²) >= 11 is 0. The number of rotatable bonds is 13. The number of hydrogen-bond donors (Lipinski definition) is 3. The monoisotopic (exact) mass is 398 g/mol. The molecule has 1 aromatic rings. The van der Waals surface area contributed by atoms with Crippen LogP contribution in [0.15, 0.2) is 29.2 Å². The lowest BCUT2D eigenvalue weighted by molar-refractivity contribution is 0.230. The van der Waals surface area contributed by atoms with Crippen LogP contribution in [0.4, 0.5) is 10.5 Å². The average molecular weight is 399 g/mol. The number of nitrogens with two attached hydrogens (primary N) is 1. The van der Waals surface area contributed by atoms with E-state index >= 15 is 0 Å². The van der Waals surface area contributed by atoms with Gasteiger partial charge in [0, 0.05) is 26.3 Å². The highest BCUT2D eigenvalue weighted by atomic mass is 32.2. The normalized spacial score (nSPS) is 11.4. The van der Waals surface area contributed by atoms with E-state index in [9.17, 15) is 13.2 Å². The second kappa shape index (κ2) is 12.7. The third kappa shape index (κ3) is 9.74. The summed E-state index contributed by atoms with van der Waals surface area (Å²) in [6, 6.07) is 5.90. The maximum atomic E-state index is 12.3. The van der Waals surface area contributed by atoms with Crippen molar-refractivity contribution in [2.24, 2.45) is 5.73 Å². The van der Waals surface area contributed by atoms with Crippen molar-refractivity contribution in [3.63, 3.8) is 0 Å². The van der Waals surface area contributed by atoms with E-state index < -0.39 is 10.0 Å². The number of nitrogens with zero attached hydrogens (tertiary/aromatic N) is 1. The summed E-state index contributed by atoms with van der Waals surface area (Å²) in [5, 5.41) is 2.67. The van der Waals surface area contributed by atoms with E-state index in [0.29, 0.717) is 12.2 Å². The smallest absolute Gasteiger partial charge is 0.321 e. The maximum absolute atomic E-state index is 12.3. The Balaban J connectivity index is 2.27. The third-order valence-electron chi connectivity index (χ3n) is 4.25. The lowest BCUT2D eigenvalue weighted by atomic mass is 10.1. The summed E-state index contributed by atoms with van der Waals surface area (Å²) in [6.07, 6.45) is 8.94. The van der Waals surface area contributed by atoms with Gasteiger partial charge in [-0.25, -0.2) is 17.9 Å². The quantitative estimate of drug-likeness (QED) is 0.444. The van der Waals surface area contributed by atoms with Crippen LogP contribution in [-0.2, 0) is 10.0 Å². The molecule has 4 N–H and O–H groups in total. The minimum atomic E-state index is -3.51. The van der Waals surface area contributed by atoms with Gasteiger partial charge in [0.05, 0.1) is 4.90 Å². The van der Waals surface area contributed by atoms with E-state index in [1.807, 2.05) is 0 Å². The van der Waals surface area contributed by atoms with E-state index in [1.54, 1.807) is 26.2 Å². The predicted molar refractivity (Wildman–Crippen MR) is 110 cm³/mol. The predicted octanol–water partition coefficient (Wildman–Crippen LogP) is 3.14. The highest BCUT2D eigenvalue weighted by molar-refractivity contribution is 7.89. The van der Waals surface area contributed by atoms with Crippen molar-refractivity contribution in [1.82, 2.24) is 9.62 Å². The van der Waals surface area contributed by atoms with Gasteiger partial charge in [0.25, 0.3) is 0 Å². The molecule has 0 saturated carbocycles. The Morgan fingerprint density at radius 1 is 0.926 bits per heavy atom. The molecule has 1 aromatic carbocycles. The standard InChI is InChI=1S/C19H34N4O3S/c1-23(2)19(24)22-17-11-13-18(14-12-17)27(25,26)21-16-10-8-6-4-3-5-7-9-15-20/h11-14,21H,3-10,15-16,20H2,1-2H3,(H,22,24). The van der Waals surface area contributed by atoms with Crippen LogP contribution in [0, 0.1) is 0 Å². The van der Waals surface area contributed by atoms with Crippen LogP contribution >= 0.6 is 0 Å². The zero-order valence-corrected chi connectivity index (χ0v) is 17.4. The van der Waals surface area contributed by atoms with Gasteiger partial charge in [0.2, 0.25) is 10.0 Å². The first-order valence-electron chi connectivity index (χ1n) is 9.65. The van der Waals surface area contributed by atoms with E-state index in [-0.39, 0.29) is 10.9 Å². The number of carbonyl (C=O) groups excluding carboxylic acids is 1. The molecule has 0 aromatic heterocycles. The van der Waals surface area contributed by atoms with Crippen LogP contribution in [0.1, 0.15) is 51.4 Å². The fourth-order valence-electron chi connectivity index (χ4n) is 2.57. The number of hydrogen-bond acceptors (Lipinski definition) is 4. The number of anilines is 1. The zero-order valence-electron chi connectivity index (χ0n) is 16.5. The molecule has 0 atom stereocenters. The van der Waals surface area contributed by atoms with Crippen molar-refractivity contribution in [2.45, 2.75) is 56.3 Å². The molecule has 1 rings (SSSR count). The number of urea groups is 1. The molecule has 0 bridgehead atoms. The molecule has 7 nitrogen and oxygen atoms in total. The van der Waals surface area contributed by atoms with Crippen molar-refractivity contribution in [3.8, 4) is 0 Å². The minimum absolute atomic E-state index is 0.199. The third-order valence-corrected chi connectivity index (χ3v) is 5.72. The molecule has 0 spiro atoms. The van der Waals surface area contributed by atoms with Crippen molar-refractivity contribution in [2.75, 3.05) is 32.5 Å². The Morgan fingerprint density at radius 2 is 1.44 bits per heavy atom. The number of benzene rings is 1. The summed E-state index contributed by atoms with van der Waals surface area (Å²) in [5.41, 5.74) is 6.02. The number of sulfonamides is 1. The lowest BCUT2D eigenvalue weighted by Crippen LogP contribution is -2.27. The summed E-state index contributed by atoms with van der Waals surface area (Å²) in [6.45, 7) is 1.21. The van der Waals surface area contributed by atoms with Crippen LogP contribution in [0.2, 0.25) is 0 Å². The largest absolute Gasteiger partial charge is 0.331 e. The first-order chi connectivity index (χ1) is 12.9. The lowest BCUT2D eigenvalue weighted by Gasteiger charge is -2.12. The molecule has 0 radical (unpaired) electrons. The van der Waals surface area contributed by atoms with Crippen LogP contribution < -0.4 is 15.8 Å². The molecular weight excluding hydrogens is 364 g/mol. The maximum Gasteiger partial charge on any atom is 0.321 e. The highest BCUT2D eigenvalue weighted by Crippen LogP contribution is 2.14. The fraction of sp³-hybridized carbons (Fsp3) is 0.632. The van der Waals surface area contributed by atoms with Gasteiger partial charge >= 0.3 is 6.03 Å². The SMILES string of the molecule is CN(C)C(=O)Nc1ccc(S(=O)(=O)NCCCCCCCCCCN)cc1. The van der Waals surface area contributed by atoms with Gasteiger partial charge in [-0.2, -0.15) is 0 Å². The van der Waals surface area contributed by atoms with Crippen molar-refractivity contribution >= 4 is 21.7 Å². The van der Waals surface area contributed by atoms with Gasteiger partial charge in [-0.1, -0.05) is 38.5 Å². The average Bonchev–Trinajstić information content (AvgIpc) is 2.63.